The van der Waals surface area contributed by atoms with Crippen LogP contribution < -0.4 is 0 Å². The highest BCUT2D eigenvalue weighted by Crippen LogP contribution is 2.23. The van der Waals surface area contributed by atoms with Gasteiger partial charge in [0.1, 0.15) is 0 Å². The summed E-state index contributed by atoms with van der Waals surface area (Å²) in [5, 5.41) is 17.0. The van der Waals surface area contributed by atoms with Gasteiger partial charge in [0.2, 0.25) is 16.9 Å². The van der Waals surface area contributed by atoms with Crippen LogP contribution in [0.5, 0.6) is 0 Å². The van der Waals surface area contributed by atoms with E-state index in [9.17, 15) is 0 Å². The minimum absolute atomic E-state index is 0.199. The maximum Gasteiger partial charge on any atom is 0.237 e. The predicted molar refractivity (Wildman–Crippen MR) is 82.5 cm³/mol. The summed E-state index contributed by atoms with van der Waals surface area (Å²) in [4.78, 5) is 4.36. The van der Waals surface area contributed by atoms with E-state index in [0.29, 0.717) is 22.5 Å². The van der Waals surface area contributed by atoms with Crippen molar-refractivity contribution >= 4 is 23.4 Å². The van der Waals surface area contributed by atoms with Crippen molar-refractivity contribution in [3.8, 4) is 11.4 Å². The maximum atomic E-state index is 5.86. The smallest absolute Gasteiger partial charge is 0.237 e. The Labute approximate surface area is 136 Å². The Morgan fingerprint density at radius 2 is 2.05 bits per heavy atom. The second-order valence-electron chi connectivity index (χ2n) is 4.81. The average molecular weight is 337 g/mol. The van der Waals surface area contributed by atoms with Gasteiger partial charge in [0.05, 0.1) is 11.8 Å². The lowest BCUT2D eigenvalue weighted by atomic mass is 10.2. The number of nitrogens with zero attached hydrogens (tertiary/aromatic N) is 6. The summed E-state index contributed by atoms with van der Waals surface area (Å²) in [5.41, 5.74) is 0.858. The fourth-order valence-electron chi connectivity index (χ4n) is 1.76. The Morgan fingerprint density at radius 3 is 2.77 bits per heavy atom. The molecular formula is C13H13ClN6OS. The van der Waals surface area contributed by atoms with Crippen molar-refractivity contribution in [1.29, 1.82) is 0 Å². The number of halogens is 1. The number of benzene rings is 1. The highest BCUT2D eigenvalue weighted by Gasteiger charge is 2.13. The number of hydrogen-bond donors (Lipinski definition) is 0. The molecule has 0 radical (unpaired) electrons. The van der Waals surface area contributed by atoms with E-state index >= 15 is 0 Å². The third-order valence-electron chi connectivity index (χ3n) is 2.85. The highest BCUT2D eigenvalue weighted by molar-refractivity contribution is 7.98. The molecule has 0 atom stereocenters. The molecular weight excluding hydrogens is 324 g/mol. The normalized spacial score (nSPS) is 11.3. The first-order chi connectivity index (χ1) is 10.6. The van der Waals surface area contributed by atoms with Gasteiger partial charge in [-0.2, -0.15) is 4.98 Å². The zero-order valence-electron chi connectivity index (χ0n) is 12.0. The summed E-state index contributed by atoms with van der Waals surface area (Å²) >= 11 is 7.32. The highest BCUT2D eigenvalue weighted by atomic mass is 35.5. The van der Waals surface area contributed by atoms with Gasteiger partial charge in [-0.3, -0.25) is 0 Å². The van der Waals surface area contributed by atoms with Crippen molar-refractivity contribution in [2.45, 2.75) is 30.8 Å². The molecule has 7 nitrogen and oxygen atoms in total. The van der Waals surface area contributed by atoms with Gasteiger partial charge in [0, 0.05) is 10.6 Å². The zero-order valence-corrected chi connectivity index (χ0v) is 13.5. The predicted octanol–water partition coefficient (Wildman–Crippen LogP) is 3.25. The van der Waals surface area contributed by atoms with Crippen molar-refractivity contribution < 1.29 is 4.52 Å². The maximum absolute atomic E-state index is 5.86. The van der Waals surface area contributed by atoms with Crippen molar-refractivity contribution in [3.63, 3.8) is 0 Å². The summed E-state index contributed by atoms with van der Waals surface area (Å²) in [7, 11) is 0. The Kier molecular flexibility index (Phi) is 4.39. The molecule has 0 fully saturated rings. The molecule has 0 aliphatic rings. The first-order valence-electron chi connectivity index (χ1n) is 6.62. The van der Waals surface area contributed by atoms with E-state index < -0.39 is 0 Å². The molecule has 114 valence electrons. The van der Waals surface area contributed by atoms with Crippen molar-refractivity contribution in [3.05, 3.63) is 35.2 Å². The molecule has 22 heavy (non-hydrogen) atoms. The summed E-state index contributed by atoms with van der Waals surface area (Å²) in [6.07, 6.45) is 0. The lowest BCUT2D eigenvalue weighted by Crippen LogP contribution is -2.04. The Bertz CT molecular complexity index is 754. The van der Waals surface area contributed by atoms with Crippen LogP contribution in [0.15, 0.2) is 33.9 Å². The van der Waals surface area contributed by atoms with Gasteiger partial charge in [-0.25, -0.2) is 4.68 Å². The molecule has 0 aliphatic heterocycles. The first-order valence-corrected chi connectivity index (χ1v) is 7.99. The van der Waals surface area contributed by atoms with Gasteiger partial charge in [0.25, 0.3) is 0 Å². The van der Waals surface area contributed by atoms with Crippen LogP contribution in [0.2, 0.25) is 5.02 Å². The van der Waals surface area contributed by atoms with E-state index in [1.54, 1.807) is 16.8 Å². The van der Waals surface area contributed by atoms with Crippen LogP contribution in [0, 0.1) is 0 Å². The average Bonchev–Trinajstić information content (AvgIpc) is 3.15. The third-order valence-corrected chi connectivity index (χ3v) is 4.02. The molecule has 1 aromatic carbocycles. The SMILES string of the molecule is CC(C)n1nnnc1SCc1nc(-c2ccc(Cl)cc2)no1. The lowest BCUT2D eigenvalue weighted by Gasteiger charge is -2.05. The number of hydrogen-bond acceptors (Lipinski definition) is 7. The summed E-state index contributed by atoms with van der Waals surface area (Å²) < 4.78 is 7.01. The molecule has 0 unspecified atom stereocenters. The van der Waals surface area contributed by atoms with Crippen LogP contribution in [0.25, 0.3) is 11.4 Å². The molecule has 2 heterocycles. The number of tetrazole rings is 1. The molecule has 0 saturated carbocycles. The van der Waals surface area contributed by atoms with E-state index in [0.717, 1.165) is 10.7 Å². The largest absolute Gasteiger partial charge is 0.338 e. The minimum Gasteiger partial charge on any atom is -0.338 e. The standard InChI is InChI=1S/C13H13ClN6OS/c1-8(2)20-13(16-18-19-20)22-7-11-15-12(17-21-11)9-3-5-10(14)6-4-9/h3-6,8H,7H2,1-2H3. The zero-order chi connectivity index (χ0) is 15.5. The first kappa shape index (κ1) is 15.0. The minimum atomic E-state index is 0.199. The molecule has 0 saturated heterocycles. The van der Waals surface area contributed by atoms with Crippen LogP contribution in [0.3, 0.4) is 0 Å². The second-order valence-corrected chi connectivity index (χ2v) is 6.19. The van der Waals surface area contributed by atoms with Gasteiger partial charge >= 0.3 is 0 Å². The van der Waals surface area contributed by atoms with Crippen LogP contribution in [-0.4, -0.2) is 30.3 Å². The van der Waals surface area contributed by atoms with Crippen molar-refractivity contribution in [2.24, 2.45) is 0 Å². The van der Waals surface area contributed by atoms with E-state index in [2.05, 4.69) is 25.7 Å². The number of thioether (sulfide) groups is 1. The monoisotopic (exact) mass is 336 g/mol. The van der Waals surface area contributed by atoms with Crippen LogP contribution in [0.1, 0.15) is 25.8 Å². The molecule has 0 amide bonds. The molecule has 3 rings (SSSR count). The van der Waals surface area contributed by atoms with Crippen LogP contribution >= 0.6 is 23.4 Å². The topological polar surface area (TPSA) is 82.5 Å². The molecule has 0 N–H and O–H groups in total. The van der Waals surface area contributed by atoms with Gasteiger partial charge < -0.3 is 4.52 Å². The van der Waals surface area contributed by atoms with Crippen LogP contribution in [0.4, 0.5) is 0 Å². The van der Waals surface area contributed by atoms with E-state index in [1.807, 2.05) is 26.0 Å². The third kappa shape index (κ3) is 3.28. The molecule has 2 aromatic heterocycles. The Balaban J connectivity index is 1.69. The molecule has 3 aromatic rings. The number of aromatic nitrogens is 6. The lowest BCUT2D eigenvalue weighted by molar-refractivity contribution is 0.391. The van der Waals surface area contributed by atoms with E-state index in [4.69, 9.17) is 16.1 Å². The van der Waals surface area contributed by atoms with Gasteiger partial charge in [-0.05, 0) is 48.5 Å². The van der Waals surface area contributed by atoms with Crippen molar-refractivity contribution in [2.75, 3.05) is 0 Å². The fourth-order valence-corrected chi connectivity index (χ4v) is 2.73. The second kappa shape index (κ2) is 6.45. The van der Waals surface area contributed by atoms with E-state index in [-0.39, 0.29) is 6.04 Å². The molecule has 0 bridgehead atoms. The van der Waals surface area contributed by atoms with Crippen LogP contribution in [-0.2, 0) is 5.75 Å². The Morgan fingerprint density at radius 1 is 1.27 bits per heavy atom. The van der Waals surface area contributed by atoms with Gasteiger partial charge in [0.15, 0.2) is 0 Å². The molecule has 9 heteroatoms. The summed E-state index contributed by atoms with van der Waals surface area (Å²) in [6.45, 7) is 4.04. The fraction of sp³-hybridized carbons (Fsp3) is 0.308. The Hall–Kier alpha value is -1.93. The summed E-state index contributed by atoms with van der Waals surface area (Å²) in [5.74, 6) is 1.57. The van der Waals surface area contributed by atoms with Crippen molar-refractivity contribution in [1.82, 2.24) is 30.3 Å². The van der Waals surface area contributed by atoms with Gasteiger partial charge in [-0.1, -0.05) is 28.5 Å². The number of rotatable bonds is 5. The molecule has 0 aliphatic carbocycles. The quantitative estimate of drug-likeness (QED) is 0.661. The molecule has 0 spiro atoms. The van der Waals surface area contributed by atoms with Gasteiger partial charge in [-0.15, -0.1) is 5.10 Å². The van der Waals surface area contributed by atoms with E-state index in [1.165, 1.54) is 11.8 Å². The summed E-state index contributed by atoms with van der Waals surface area (Å²) in [6, 6.07) is 7.48.